The number of amides is 2. The third-order valence-electron chi connectivity index (χ3n) is 5.56. The number of likely N-dealkylation sites (tertiary alicyclic amines) is 2. The highest BCUT2D eigenvalue weighted by Crippen LogP contribution is 2.49. The third-order valence-corrected chi connectivity index (χ3v) is 5.56. The molecule has 2 fully saturated rings. The maximum Gasteiger partial charge on any atom is 0.236 e. The van der Waals surface area contributed by atoms with Crippen molar-refractivity contribution in [2.75, 3.05) is 46.8 Å². The summed E-state index contributed by atoms with van der Waals surface area (Å²) in [6, 6.07) is 10.3. The van der Waals surface area contributed by atoms with Gasteiger partial charge in [-0.25, -0.2) is 0 Å². The van der Waals surface area contributed by atoms with Crippen LogP contribution in [-0.4, -0.2) is 73.3 Å². The summed E-state index contributed by atoms with van der Waals surface area (Å²) < 4.78 is 0. The summed E-state index contributed by atoms with van der Waals surface area (Å²) in [6.07, 6.45) is 2.63. The van der Waals surface area contributed by atoms with Gasteiger partial charge in [-0.1, -0.05) is 36.4 Å². The number of hydrogen-bond acceptors (Lipinski definition) is 3. The Morgan fingerprint density at radius 2 is 2.08 bits per heavy atom. The number of carbonyl (C=O) groups excluding carboxylic acids is 2. The Labute approximate surface area is 149 Å². The predicted molar refractivity (Wildman–Crippen MR) is 98.1 cm³/mol. The van der Waals surface area contributed by atoms with Gasteiger partial charge in [-0.2, -0.15) is 0 Å². The minimum atomic E-state index is -0.420. The fourth-order valence-electron chi connectivity index (χ4n) is 4.23. The van der Waals surface area contributed by atoms with Crippen LogP contribution in [0.3, 0.4) is 0 Å². The van der Waals surface area contributed by atoms with E-state index in [1.54, 1.807) is 25.1 Å². The van der Waals surface area contributed by atoms with Gasteiger partial charge in [0.2, 0.25) is 11.8 Å². The SMILES string of the molecule is C=CCN1CC[C@]2(CN(CC(=O)N(C)C)C[C@H]2c2ccccc2)C1=O. The van der Waals surface area contributed by atoms with E-state index in [4.69, 9.17) is 0 Å². The Balaban J connectivity index is 1.89. The van der Waals surface area contributed by atoms with Gasteiger partial charge in [0.25, 0.3) is 0 Å². The molecule has 2 atom stereocenters. The normalized spacial score (nSPS) is 26.4. The molecule has 5 heteroatoms. The van der Waals surface area contributed by atoms with E-state index >= 15 is 0 Å². The van der Waals surface area contributed by atoms with Crippen LogP contribution in [0.25, 0.3) is 0 Å². The number of nitrogens with zero attached hydrogens (tertiary/aromatic N) is 3. The molecule has 5 nitrogen and oxygen atoms in total. The third kappa shape index (κ3) is 3.21. The van der Waals surface area contributed by atoms with Gasteiger partial charge < -0.3 is 9.80 Å². The van der Waals surface area contributed by atoms with E-state index in [1.165, 1.54) is 5.56 Å². The summed E-state index contributed by atoms with van der Waals surface area (Å²) in [6.45, 7) is 6.90. The molecule has 0 saturated carbocycles. The predicted octanol–water partition coefficient (Wildman–Crippen LogP) is 1.58. The summed E-state index contributed by atoms with van der Waals surface area (Å²) in [5, 5.41) is 0. The molecule has 2 aliphatic heterocycles. The van der Waals surface area contributed by atoms with E-state index < -0.39 is 5.41 Å². The van der Waals surface area contributed by atoms with Crippen molar-refractivity contribution in [1.82, 2.24) is 14.7 Å². The second kappa shape index (κ2) is 7.00. The van der Waals surface area contributed by atoms with Gasteiger partial charge >= 0.3 is 0 Å². The zero-order chi connectivity index (χ0) is 18.0. The minimum Gasteiger partial charge on any atom is -0.348 e. The van der Waals surface area contributed by atoms with Gasteiger partial charge in [-0.3, -0.25) is 14.5 Å². The molecular formula is C20H27N3O2. The molecule has 2 heterocycles. The highest BCUT2D eigenvalue weighted by atomic mass is 16.2. The lowest BCUT2D eigenvalue weighted by molar-refractivity contribution is -0.136. The zero-order valence-electron chi connectivity index (χ0n) is 15.1. The molecule has 134 valence electrons. The van der Waals surface area contributed by atoms with E-state index in [-0.39, 0.29) is 17.7 Å². The molecule has 2 amide bonds. The number of benzene rings is 1. The van der Waals surface area contributed by atoms with Crippen LogP contribution in [-0.2, 0) is 9.59 Å². The molecule has 25 heavy (non-hydrogen) atoms. The molecule has 0 radical (unpaired) electrons. The van der Waals surface area contributed by atoms with Crippen LogP contribution in [0.4, 0.5) is 0 Å². The molecule has 2 aliphatic rings. The van der Waals surface area contributed by atoms with Crippen LogP contribution in [0.2, 0.25) is 0 Å². The van der Waals surface area contributed by atoms with Crippen LogP contribution in [0.1, 0.15) is 17.9 Å². The highest BCUT2D eigenvalue weighted by molar-refractivity contribution is 5.87. The molecule has 1 spiro atoms. The largest absolute Gasteiger partial charge is 0.348 e. The monoisotopic (exact) mass is 341 g/mol. The van der Waals surface area contributed by atoms with E-state index in [2.05, 4.69) is 23.6 Å². The smallest absolute Gasteiger partial charge is 0.236 e. The highest BCUT2D eigenvalue weighted by Gasteiger charge is 2.56. The van der Waals surface area contributed by atoms with Crippen molar-refractivity contribution in [2.45, 2.75) is 12.3 Å². The average molecular weight is 341 g/mol. The van der Waals surface area contributed by atoms with Crippen molar-refractivity contribution in [3.05, 3.63) is 48.6 Å². The van der Waals surface area contributed by atoms with Crippen LogP contribution < -0.4 is 0 Å². The lowest BCUT2D eigenvalue weighted by Gasteiger charge is -2.29. The Kier molecular flexibility index (Phi) is 4.95. The molecule has 2 saturated heterocycles. The fourth-order valence-corrected chi connectivity index (χ4v) is 4.23. The maximum absolute atomic E-state index is 13.2. The van der Waals surface area contributed by atoms with Crippen LogP contribution in [0, 0.1) is 5.41 Å². The van der Waals surface area contributed by atoms with E-state index in [0.717, 1.165) is 19.5 Å². The van der Waals surface area contributed by atoms with Crippen LogP contribution in [0.15, 0.2) is 43.0 Å². The summed E-state index contributed by atoms with van der Waals surface area (Å²) >= 11 is 0. The second-order valence-electron chi connectivity index (χ2n) is 7.37. The second-order valence-corrected chi connectivity index (χ2v) is 7.37. The summed E-state index contributed by atoms with van der Waals surface area (Å²) in [5.74, 6) is 0.421. The van der Waals surface area contributed by atoms with Gasteiger partial charge in [0, 0.05) is 46.2 Å². The topological polar surface area (TPSA) is 43.9 Å². The van der Waals surface area contributed by atoms with Gasteiger partial charge in [-0.05, 0) is 12.0 Å². The molecule has 0 aliphatic carbocycles. The van der Waals surface area contributed by atoms with Gasteiger partial charge in [0.05, 0.1) is 12.0 Å². The number of carbonyl (C=O) groups is 2. The van der Waals surface area contributed by atoms with Crippen molar-refractivity contribution >= 4 is 11.8 Å². The lowest BCUT2D eigenvalue weighted by Crippen LogP contribution is -2.41. The molecular weight excluding hydrogens is 314 g/mol. The van der Waals surface area contributed by atoms with Crippen molar-refractivity contribution < 1.29 is 9.59 Å². The molecule has 1 aromatic rings. The molecule has 0 unspecified atom stereocenters. The number of rotatable bonds is 5. The molecule has 0 N–H and O–H groups in total. The first-order valence-corrected chi connectivity index (χ1v) is 8.85. The molecule has 1 aromatic carbocycles. The van der Waals surface area contributed by atoms with Gasteiger partial charge in [0.1, 0.15) is 0 Å². The Morgan fingerprint density at radius 3 is 2.72 bits per heavy atom. The summed E-state index contributed by atoms with van der Waals surface area (Å²) in [5.41, 5.74) is 0.771. The van der Waals surface area contributed by atoms with Crippen molar-refractivity contribution in [3.63, 3.8) is 0 Å². The first kappa shape index (κ1) is 17.7. The zero-order valence-corrected chi connectivity index (χ0v) is 15.1. The van der Waals surface area contributed by atoms with Crippen LogP contribution in [0.5, 0.6) is 0 Å². The van der Waals surface area contributed by atoms with E-state index in [1.807, 2.05) is 23.1 Å². The first-order chi connectivity index (χ1) is 12.0. The fraction of sp³-hybridized carbons (Fsp3) is 0.500. The molecule has 0 bridgehead atoms. The quantitative estimate of drug-likeness (QED) is 0.764. The van der Waals surface area contributed by atoms with Gasteiger partial charge in [-0.15, -0.1) is 6.58 Å². The Morgan fingerprint density at radius 1 is 1.36 bits per heavy atom. The van der Waals surface area contributed by atoms with E-state index in [0.29, 0.717) is 19.6 Å². The Hall–Kier alpha value is -2.14. The standard InChI is InChI=1S/C20H27N3O2/c1-4-11-23-12-10-20(19(23)25)15-22(14-18(24)21(2)3)13-17(20)16-8-6-5-7-9-16/h4-9,17H,1,10-15H2,2-3H3/t17-,20+/m0/s1. The van der Waals surface area contributed by atoms with Crippen LogP contribution >= 0.6 is 0 Å². The van der Waals surface area contributed by atoms with Crippen molar-refractivity contribution in [1.29, 1.82) is 0 Å². The van der Waals surface area contributed by atoms with E-state index in [9.17, 15) is 9.59 Å². The first-order valence-electron chi connectivity index (χ1n) is 8.85. The van der Waals surface area contributed by atoms with Crippen molar-refractivity contribution in [2.24, 2.45) is 5.41 Å². The lowest BCUT2D eigenvalue weighted by atomic mass is 9.73. The average Bonchev–Trinajstić information content (AvgIpc) is 3.12. The van der Waals surface area contributed by atoms with Crippen molar-refractivity contribution in [3.8, 4) is 0 Å². The number of likely N-dealkylation sites (N-methyl/N-ethyl adjacent to an activating group) is 1. The summed E-state index contributed by atoms with van der Waals surface area (Å²) in [4.78, 5) is 31.1. The molecule has 3 rings (SSSR count). The Bertz CT molecular complexity index is 658. The minimum absolute atomic E-state index is 0.0808. The molecule has 0 aromatic heterocycles. The summed E-state index contributed by atoms with van der Waals surface area (Å²) in [7, 11) is 3.55. The number of hydrogen-bond donors (Lipinski definition) is 0. The maximum atomic E-state index is 13.2. The van der Waals surface area contributed by atoms with Gasteiger partial charge in [0.15, 0.2) is 0 Å².